The van der Waals surface area contributed by atoms with E-state index in [-0.39, 0.29) is 5.91 Å². The lowest BCUT2D eigenvalue weighted by Gasteiger charge is -2.10. The van der Waals surface area contributed by atoms with E-state index >= 15 is 0 Å². The van der Waals surface area contributed by atoms with Crippen molar-refractivity contribution in [2.75, 3.05) is 5.32 Å². The zero-order valence-corrected chi connectivity index (χ0v) is 16.8. The molecule has 0 bridgehead atoms. The number of carbonyl (C=O) groups excluding carboxylic acids is 1. The number of benzene rings is 4. The van der Waals surface area contributed by atoms with E-state index in [1.807, 2.05) is 78.9 Å². The molecule has 0 atom stereocenters. The number of fused-ring (bicyclic) bond motifs is 2. The predicted molar refractivity (Wildman–Crippen MR) is 122 cm³/mol. The summed E-state index contributed by atoms with van der Waals surface area (Å²) < 4.78 is 1.10. The molecule has 140 valence electrons. The van der Waals surface area contributed by atoms with Crippen LogP contribution in [0, 0.1) is 0 Å². The second kappa shape index (κ2) is 7.32. The van der Waals surface area contributed by atoms with Crippen molar-refractivity contribution in [2.24, 2.45) is 0 Å². The molecule has 4 aromatic carbocycles. The van der Waals surface area contributed by atoms with E-state index in [4.69, 9.17) is 11.6 Å². The number of halogens is 1. The third-order valence-electron chi connectivity index (χ3n) is 4.78. The van der Waals surface area contributed by atoms with Crippen molar-refractivity contribution in [3.63, 3.8) is 0 Å². The third kappa shape index (κ3) is 3.37. The number of nitrogens with one attached hydrogen (secondary N) is 1. The summed E-state index contributed by atoms with van der Waals surface area (Å²) in [7, 11) is 0. The molecule has 0 aliphatic carbocycles. The van der Waals surface area contributed by atoms with E-state index in [2.05, 4.69) is 10.3 Å². The highest BCUT2D eigenvalue weighted by molar-refractivity contribution is 7.21. The molecule has 0 fully saturated rings. The van der Waals surface area contributed by atoms with Crippen LogP contribution in [0.2, 0.25) is 5.02 Å². The molecule has 1 aromatic heterocycles. The van der Waals surface area contributed by atoms with Crippen LogP contribution >= 0.6 is 22.9 Å². The minimum atomic E-state index is -0.153. The number of amides is 1. The lowest BCUT2D eigenvalue weighted by molar-refractivity contribution is 0.102. The van der Waals surface area contributed by atoms with E-state index in [1.54, 1.807) is 17.4 Å². The molecule has 5 aromatic rings. The van der Waals surface area contributed by atoms with Crippen molar-refractivity contribution in [2.45, 2.75) is 0 Å². The van der Waals surface area contributed by atoms with Crippen molar-refractivity contribution in [3.8, 4) is 10.6 Å². The minimum Gasteiger partial charge on any atom is -0.322 e. The molecule has 1 N–H and O–H groups in total. The molecule has 0 saturated carbocycles. The van der Waals surface area contributed by atoms with Gasteiger partial charge in [-0.1, -0.05) is 60.1 Å². The molecule has 3 nitrogen and oxygen atoms in total. The number of anilines is 1. The smallest absolute Gasteiger partial charge is 0.256 e. The van der Waals surface area contributed by atoms with Crippen molar-refractivity contribution < 1.29 is 4.79 Å². The quantitative estimate of drug-likeness (QED) is 0.344. The average molecular weight is 415 g/mol. The van der Waals surface area contributed by atoms with Gasteiger partial charge in [0.15, 0.2) is 0 Å². The number of nitrogens with zero attached hydrogens (tertiary/aromatic N) is 1. The number of rotatable bonds is 3. The van der Waals surface area contributed by atoms with Gasteiger partial charge in [0.1, 0.15) is 5.01 Å². The number of hydrogen-bond donors (Lipinski definition) is 1. The van der Waals surface area contributed by atoms with E-state index in [0.29, 0.717) is 16.3 Å². The summed E-state index contributed by atoms with van der Waals surface area (Å²) >= 11 is 8.03. The molecule has 0 aliphatic heterocycles. The Balaban J connectivity index is 1.50. The summed E-state index contributed by atoms with van der Waals surface area (Å²) in [5.74, 6) is -0.153. The zero-order chi connectivity index (χ0) is 19.8. The maximum atomic E-state index is 12.9. The van der Waals surface area contributed by atoms with Gasteiger partial charge in [0, 0.05) is 16.8 Å². The highest BCUT2D eigenvalue weighted by Gasteiger charge is 2.14. The van der Waals surface area contributed by atoms with Gasteiger partial charge in [0.2, 0.25) is 0 Å². The highest BCUT2D eigenvalue weighted by atomic mass is 35.5. The minimum absolute atomic E-state index is 0.153. The van der Waals surface area contributed by atoms with Crippen molar-refractivity contribution >= 4 is 55.5 Å². The van der Waals surface area contributed by atoms with Crippen LogP contribution in [0.5, 0.6) is 0 Å². The summed E-state index contributed by atoms with van der Waals surface area (Å²) in [4.78, 5) is 17.6. The van der Waals surface area contributed by atoms with Crippen LogP contribution in [0.25, 0.3) is 31.6 Å². The largest absolute Gasteiger partial charge is 0.322 e. The Morgan fingerprint density at radius 2 is 1.69 bits per heavy atom. The molecular weight excluding hydrogens is 400 g/mol. The average Bonchev–Trinajstić information content (AvgIpc) is 3.18. The third-order valence-corrected chi connectivity index (χ3v) is 6.18. The van der Waals surface area contributed by atoms with Crippen molar-refractivity contribution in [1.82, 2.24) is 4.98 Å². The van der Waals surface area contributed by atoms with Gasteiger partial charge >= 0.3 is 0 Å². The molecule has 0 saturated heterocycles. The Labute approximate surface area is 176 Å². The molecule has 1 heterocycles. The number of thiazole rings is 1. The Kier molecular flexibility index (Phi) is 4.51. The lowest BCUT2D eigenvalue weighted by atomic mass is 10.0. The summed E-state index contributed by atoms with van der Waals surface area (Å²) in [5, 5.41) is 6.39. The first-order valence-electron chi connectivity index (χ1n) is 9.14. The normalized spacial score (nSPS) is 11.1. The number of para-hydroxylation sites is 1. The molecule has 0 aliphatic rings. The second-order valence-electron chi connectivity index (χ2n) is 6.66. The van der Waals surface area contributed by atoms with Crippen LogP contribution in [-0.2, 0) is 0 Å². The Bertz CT molecular complexity index is 1340. The lowest BCUT2D eigenvalue weighted by Crippen LogP contribution is -2.12. The highest BCUT2D eigenvalue weighted by Crippen LogP contribution is 2.36. The topological polar surface area (TPSA) is 42.0 Å². The van der Waals surface area contributed by atoms with E-state index in [0.717, 1.165) is 31.6 Å². The fraction of sp³-hybridized carbons (Fsp3) is 0. The Morgan fingerprint density at radius 1 is 0.897 bits per heavy atom. The van der Waals surface area contributed by atoms with Crippen LogP contribution in [0.4, 0.5) is 5.69 Å². The summed E-state index contributed by atoms with van der Waals surface area (Å²) in [6, 6.07) is 27.0. The van der Waals surface area contributed by atoms with Crippen molar-refractivity contribution in [3.05, 3.63) is 95.5 Å². The first-order valence-corrected chi connectivity index (χ1v) is 10.3. The van der Waals surface area contributed by atoms with Crippen LogP contribution in [0.3, 0.4) is 0 Å². The van der Waals surface area contributed by atoms with Gasteiger partial charge in [-0.15, -0.1) is 11.3 Å². The predicted octanol–water partition coefficient (Wildman–Crippen LogP) is 7.02. The van der Waals surface area contributed by atoms with Crippen LogP contribution in [0.15, 0.2) is 84.9 Å². The van der Waals surface area contributed by atoms with Crippen LogP contribution in [0.1, 0.15) is 10.4 Å². The molecule has 1 amide bonds. The van der Waals surface area contributed by atoms with Gasteiger partial charge < -0.3 is 5.32 Å². The standard InChI is InChI=1S/C24H15ClN2OS/c25-20-13-12-16(14-19(20)24-27-21-10-3-4-11-22(21)29-24)26-23(28)18-9-5-7-15-6-1-2-8-17(15)18/h1-14H,(H,26,28). The van der Waals surface area contributed by atoms with E-state index in [1.165, 1.54) is 0 Å². The maximum absolute atomic E-state index is 12.9. The van der Waals surface area contributed by atoms with Gasteiger partial charge in [0.05, 0.1) is 15.2 Å². The van der Waals surface area contributed by atoms with Gasteiger partial charge in [-0.25, -0.2) is 4.98 Å². The van der Waals surface area contributed by atoms with Gasteiger partial charge in [-0.05, 0) is 47.2 Å². The summed E-state index contributed by atoms with van der Waals surface area (Å²) in [6.07, 6.45) is 0. The van der Waals surface area contributed by atoms with Crippen LogP contribution < -0.4 is 5.32 Å². The first kappa shape index (κ1) is 17.9. The summed E-state index contributed by atoms with van der Waals surface area (Å²) in [5.41, 5.74) is 3.07. The molecule has 29 heavy (non-hydrogen) atoms. The molecule has 5 heteroatoms. The fourth-order valence-electron chi connectivity index (χ4n) is 3.38. The molecular formula is C24H15ClN2OS. The molecule has 0 radical (unpaired) electrons. The Hall–Kier alpha value is -3.21. The zero-order valence-electron chi connectivity index (χ0n) is 15.2. The fourth-order valence-corrected chi connectivity index (χ4v) is 4.64. The van der Waals surface area contributed by atoms with Crippen molar-refractivity contribution in [1.29, 1.82) is 0 Å². The van der Waals surface area contributed by atoms with E-state index < -0.39 is 0 Å². The number of hydrogen-bond acceptors (Lipinski definition) is 3. The second-order valence-corrected chi connectivity index (χ2v) is 8.10. The van der Waals surface area contributed by atoms with Crippen LogP contribution in [-0.4, -0.2) is 10.9 Å². The molecule has 5 rings (SSSR count). The van der Waals surface area contributed by atoms with Gasteiger partial charge in [-0.3, -0.25) is 4.79 Å². The molecule has 0 spiro atoms. The van der Waals surface area contributed by atoms with Gasteiger partial charge in [-0.2, -0.15) is 0 Å². The Morgan fingerprint density at radius 3 is 2.59 bits per heavy atom. The maximum Gasteiger partial charge on any atom is 0.256 e. The monoisotopic (exact) mass is 414 g/mol. The van der Waals surface area contributed by atoms with Gasteiger partial charge in [0.25, 0.3) is 5.91 Å². The summed E-state index contributed by atoms with van der Waals surface area (Å²) in [6.45, 7) is 0. The molecule has 0 unspecified atom stereocenters. The number of aromatic nitrogens is 1. The number of carbonyl (C=O) groups is 1. The van der Waals surface area contributed by atoms with E-state index in [9.17, 15) is 4.79 Å². The first-order chi connectivity index (χ1) is 14.2. The SMILES string of the molecule is O=C(Nc1ccc(Cl)c(-c2nc3ccccc3s2)c1)c1cccc2ccccc12.